The van der Waals surface area contributed by atoms with E-state index in [2.05, 4.69) is 16.3 Å². The predicted molar refractivity (Wildman–Crippen MR) is 96.2 cm³/mol. The van der Waals surface area contributed by atoms with Crippen LogP contribution in [0.4, 0.5) is 8.78 Å². The van der Waals surface area contributed by atoms with E-state index >= 15 is 0 Å². The minimum atomic E-state index is -1.03. The van der Waals surface area contributed by atoms with Crippen molar-refractivity contribution < 1.29 is 13.5 Å². The summed E-state index contributed by atoms with van der Waals surface area (Å²) in [5, 5.41) is 18.3. The Labute approximate surface area is 157 Å². The highest BCUT2D eigenvalue weighted by atomic mass is 35.5. The molecule has 2 aromatic carbocycles. The molecule has 0 spiro atoms. The van der Waals surface area contributed by atoms with Crippen molar-refractivity contribution in [3.05, 3.63) is 52.6 Å². The van der Waals surface area contributed by atoms with Gasteiger partial charge in [0, 0.05) is 11.1 Å². The fourth-order valence-electron chi connectivity index (χ4n) is 2.24. The summed E-state index contributed by atoms with van der Waals surface area (Å²) in [6, 6.07) is 9.08. The Kier molecular flexibility index (Phi) is 5.16. The molecule has 0 bridgehead atoms. The Morgan fingerprint density at radius 1 is 1.12 bits per heavy atom. The molecule has 1 heterocycles. The molecule has 0 N–H and O–H groups in total. The van der Waals surface area contributed by atoms with Crippen LogP contribution in [0, 0.1) is 23.0 Å². The maximum absolute atomic E-state index is 13.5. The standard InChI is InChI=1S/C18H12ClF2N3OS/c1-9(2)25-16-4-3-10(5-11(16)8-22)17-23-24-18(26-17)12-6-14(20)15(21)7-13(12)19/h3-7,9H,1-2H3. The molecule has 0 saturated heterocycles. The first-order valence-corrected chi connectivity index (χ1v) is 8.78. The summed E-state index contributed by atoms with van der Waals surface area (Å²) in [6.07, 6.45) is -0.0587. The van der Waals surface area contributed by atoms with E-state index in [0.717, 1.165) is 23.5 Å². The number of ether oxygens (including phenoxy) is 1. The molecule has 0 fully saturated rings. The third-order valence-corrected chi connectivity index (χ3v) is 4.69. The molecular weight excluding hydrogens is 380 g/mol. The van der Waals surface area contributed by atoms with E-state index in [1.165, 1.54) is 0 Å². The van der Waals surface area contributed by atoms with Crippen LogP contribution in [0.1, 0.15) is 19.4 Å². The van der Waals surface area contributed by atoms with Gasteiger partial charge in [0.15, 0.2) is 11.6 Å². The number of nitriles is 1. The third kappa shape index (κ3) is 3.66. The summed E-state index contributed by atoms with van der Waals surface area (Å²) >= 11 is 7.14. The second-order valence-corrected chi connectivity index (χ2v) is 7.03. The van der Waals surface area contributed by atoms with Gasteiger partial charge in [-0.3, -0.25) is 0 Å². The second-order valence-electron chi connectivity index (χ2n) is 5.65. The molecule has 1 aromatic heterocycles. The van der Waals surface area contributed by atoms with Gasteiger partial charge in [0.05, 0.1) is 16.7 Å². The Morgan fingerprint density at radius 2 is 1.81 bits per heavy atom. The lowest BCUT2D eigenvalue weighted by Crippen LogP contribution is -2.06. The van der Waals surface area contributed by atoms with Crippen molar-refractivity contribution in [3.8, 4) is 33.0 Å². The Morgan fingerprint density at radius 3 is 2.50 bits per heavy atom. The summed E-state index contributed by atoms with van der Waals surface area (Å²) in [5.41, 5.74) is 1.30. The van der Waals surface area contributed by atoms with Crippen molar-refractivity contribution >= 4 is 22.9 Å². The molecule has 0 atom stereocenters. The molecule has 0 radical (unpaired) electrons. The van der Waals surface area contributed by atoms with Crippen LogP contribution in [-0.2, 0) is 0 Å². The van der Waals surface area contributed by atoms with E-state index in [1.807, 2.05) is 13.8 Å². The number of rotatable bonds is 4. The van der Waals surface area contributed by atoms with Crippen LogP contribution < -0.4 is 4.74 Å². The average Bonchev–Trinajstić information content (AvgIpc) is 3.07. The molecule has 26 heavy (non-hydrogen) atoms. The third-order valence-electron chi connectivity index (χ3n) is 3.38. The number of halogens is 3. The van der Waals surface area contributed by atoms with Crippen molar-refractivity contribution in [2.45, 2.75) is 20.0 Å². The minimum absolute atomic E-state index is 0.0463. The number of benzene rings is 2. The van der Waals surface area contributed by atoms with Gasteiger partial charge in [-0.05, 0) is 44.2 Å². The largest absolute Gasteiger partial charge is 0.490 e. The summed E-state index contributed by atoms with van der Waals surface area (Å²) in [4.78, 5) is 0. The van der Waals surface area contributed by atoms with Gasteiger partial charge in [0.1, 0.15) is 21.8 Å². The monoisotopic (exact) mass is 391 g/mol. The van der Waals surface area contributed by atoms with Crippen molar-refractivity contribution in [3.63, 3.8) is 0 Å². The SMILES string of the molecule is CC(C)Oc1ccc(-c2nnc(-c3cc(F)c(F)cc3Cl)s2)cc1C#N. The smallest absolute Gasteiger partial charge is 0.160 e. The number of nitrogens with zero attached hydrogens (tertiary/aromatic N) is 3. The fraction of sp³-hybridized carbons (Fsp3) is 0.167. The van der Waals surface area contributed by atoms with Gasteiger partial charge in [-0.2, -0.15) is 5.26 Å². The highest BCUT2D eigenvalue weighted by Gasteiger charge is 2.16. The zero-order valence-corrected chi connectivity index (χ0v) is 15.3. The van der Waals surface area contributed by atoms with Crippen molar-refractivity contribution in [2.24, 2.45) is 0 Å². The molecule has 3 rings (SSSR count). The molecule has 0 aliphatic carbocycles. The van der Waals surface area contributed by atoms with Crippen LogP contribution in [0.2, 0.25) is 5.02 Å². The van der Waals surface area contributed by atoms with Crippen molar-refractivity contribution in [2.75, 3.05) is 0 Å². The Bertz CT molecular complexity index is 1010. The van der Waals surface area contributed by atoms with E-state index in [0.29, 0.717) is 26.9 Å². The van der Waals surface area contributed by atoms with E-state index in [-0.39, 0.29) is 16.7 Å². The summed E-state index contributed by atoms with van der Waals surface area (Å²) < 4.78 is 32.3. The summed E-state index contributed by atoms with van der Waals surface area (Å²) in [7, 11) is 0. The van der Waals surface area contributed by atoms with Gasteiger partial charge in [0.2, 0.25) is 0 Å². The topological polar surface area (TPSA) is 58.8 Å². The highest BCUT2D eigenvalue weighted by molar-refractivity contribution is 7.18. The maximum atomic E-state index is 13.5. The molecule has 4 nitrogen and oxygen atoms in total. The summed E-state index contributed by atoms with van der Waals surface area (Å²) in [5.74, 6) is -1.55. The van der Waals surface area contributed by atoms with E-state index in [1.54, 1.807) is 18.2 Å². The van der Waals surface area contributed by atoms with Crippen LogP contribution in [0.5, 0.6) is 5.75 Å². The molecule has 0 aliphatic heterocycles. The van der Waals surface area contributed by atoms with Gasteiger partial charge < -0.3 is 4.74 Å². The quantitative estimate of drug-likeness (QED) is 0.554. The molecule has 0 saturated carbocycles. The first-order chi connectivity index (χ1) is 12.4. The molecule has 0 unspecified atom stereocenters. The van der Waals surface area contributed by atoms with Crippen molar-refractivity contribution in [1.82, 2.24) is 10.2 Å². The average molecular weight is 392 g/mol. The first kappa shape index (κ1) is 18.2. The molecule has 0 amide bonds. The molecule has 0 aliphatic rings. The molecule has 8 heteroatoms. The maximum Gasteiger partial charge on any atom is 0.160 e. The van der Waals surface area contributed by atoms with Gasteiger partial charge in [-0.15, -0.1) is 10.2 Å². The van der Waals surface area contributed by atoms with Crippen LogP contribution in [0.15, 0.2) is 30.3 Å². The van der Waals surface area contributed by atoms with Crippen LogP contribution in [0.25, 0.3) is 21.1 Å². The fourth-order valence-corrected chi connectivity index (χ4v) is 3.41. The van der Waals surface area contributed by atoms with E-state index < -0.39 is 11.6 Å². The number of hydrogen-bond donors (Lipinski definition) is 0. The van der Waals surface area contributed by atoms with Crippen LogP contribution in [-0.4, -0.2) is 16.3 Å². The molecular formula is C18H12ClF2N3OS. The van der Waals surface area contributed by atoms with Crippen LogP contribution >= 0.6 is 22.9 Å². The van der Waals surface area contributed by atoms with Crippen molar-refractivity contribution in [1.29, 1.82) is 5.26 Å². The zero-order chi connectivity index (χ0) is 18.8. The van der Waals surface area contributed by atoms with Gasteiger partial charge in [-0.25, -0.2) is 8.78 Å². The predicted octanol–water partition coefficient (Wildman–Crippen LogP) is 5.46. The lowest BCUT2D eigenvalue weighted by molar-refractivity contribution is 0.242. The van der Waals surface area contributed by atoms with Crippen LogP contribution in [0.3, 0.4) is 0 Å². The minimum Gasteiger partial charge on any atom is -0.490 e. The lowest BCUT2D eigenvalue weighted by atomic mass is 10.1. The van der Waals surface area contributed by atoms with E-state index in [9.17, 15) is 14.0 Å². The second kappa shape index (κ2) is 7.36. The number of hydrogen-bond acceptors (Lipinski definition) is 5. The highest BCUT2D eigenvalue weighted by Crippen LogP contribution is 2.36. The first-order valence-electron chi connectivity index (χ1n) is 7.58. The molecule has 132 valence electrons. The molecule has 3 aromatic rings. The number of aromatic nitrogens is 2. The normalized spacial score (nSPS) is 10.8. The lowest BCUT2D eigenvalue weighted by Gasteiger charge is -2.11. The zero-order valence-electron chi connectivity index (χ0n) is 13.8. The van der Waals surface area contributed by atoms with E-state index in [4.69, 9.17) is 16.3 Å². The summed E-state index contributed by atoms with van der Waals surface area (Å²) in [6.45, 7) is 3.75. The Hall–Kier alpha value is -2.56. The van der Waals surface area contributed by atoms with Gasteiger partial charge in [0.25, 0.3) is 0 Å². The van der Waals surface area contributed by atoms with Gasteiger partial charge in [-0.1, -0.05) is 22.9 Å². The Balaban J connectivity index is 1.98. The van der Waals surface area contributed by atoms with Gasteiger partial charge >= 0.3 is 0 Å².